The minimum absolute atomic E-state index is 0.0302. The van der Waals surface area contributed by atoms with Crippen molar-refractivity contribution < 1.29 is 9.59 Å². The molecule has 1 aromatic rings. The van der Waals surface area contributed by atoms with E-state index in [0.717, 1.165) is 42.9 Å². The van der Waals surface area contributed by atoms with Gasteiger partial charge in [0, 0.05) is 28.9 Å². The Morgan fingerprint density at radius 1 is 1.27 bits per heavy atom. The molecule has 1 aliphatic heterocycles. The first-order valence-corrected chi connectivity index (χ1v) is 8.04. The fourth-order valence-corrected chi connectivity index (χ4v) is 3.52. The summed E-state index contributed by atoms with van der Waals surface area (Å²) in [6.45, 7) is 10.3. The summed E-state index contributed by atoms with van der Waals surface area (Å²) in [4.78, 5) is 25.9. The Morgan fingerprint density at radius 2 is 1.86 bits per heavy atom. The molecule has 0 saturated carbocycles. The lowest BCUT2D eigenvalue weighted by Gasteiger charge is -2.29. The van der Waals surface area contributed by atoms with E-state index in [-0.39, 0.29) is 17.6 Å². The van der Waals surface area contributed by atoms with E-state index in [1.807, 2.05) is 19.9 Å². The molecule has 0 aliphatic carbocycles. The minimum Gasteiger partial charge on any atom is -0.369 e. The standard InChI is InChI=1S/C17H27N3O2/c1-11(2)20-12(3)9-15(13(20)4)16(21)10-19-7-5-14(6-8-19)17(18)22/h9,11,14H,5-8,10H2,1-4H3,(H2,18,22). The van der Waals surface area contributed by atoms with Crippen LogP contribution in [0.1, 0.15) is 54.5 Å². The summed E-state index contributed by atoms with van der Waals surface area (Å²) in [7, 11) is 0. The number of hydrogen-bond donors (Lipinski definition) is 1. The first kappa shape index (κ1) is 16.7. The third kappa shape index (κ3) is 3.40. The van der Waals surface area contributed by atoms with Gasteiger partial charge in [0.1, 0.15) is 0 Å². The van der Waals surface area contributed by atoms with Gasteiger partial charge in [-0.25, -0.2) is 0 Å². The molecule has 1 aromatic heterocycles. The molecule has 2 N–H and O–H groups in total. The van der Waals surface area contributed by atoms with Crippen LogP contribution in [0.25, 0.3) is 0 Å². The molecular weight excluding hydrogens is 278 g/mol. The van der Waals surface area contributed by atoms with E-state index in [4.69, 9.17) is 5.73 Å². The Morgan fingerprint density at radius 3 is 2.32 bits per heavy atom. The quantitative estimate of drug-likeness (QED) is 0.847. The number of aromatic nitrogens is 1. The van der Waals surface area contributed by atoms with Crippen molar-refractivity contribution in [1.29, 1.82) is 0 Å². The molecule has 1 fully saturated rings. The lowest BCUT2D eigenvalue weighted by Crippen LogP contribution is -2.40. The fourth-order valence-electron chi connectivity index (χ4n) is 3.52. The number of amides is 1. The Labute approximate surface area is 132 Å². The molecule has 0 radical (unpaired) electrons. The maximum atomic E-state index is 12.6. The van der Waals surface area contributed by atoms with Gasteiger partial charge in [0.25, 0.3) is 0 Å². The van der Waals surface area contributed by atoms with Crippen molar-refractivity contribution in [3.05, 3.63) is 23.0 Å². The number of carbonyl (C=O) groups excluding carboxylic acids is 2. The van der Waals surface area contributed by atoms with Crippen LogP contribution in [0.2, 0.25) is 0 Å². The van der Waals surface area contributed by atoms with Gasteiger partial charge < -0.3 is 10.3 Å². The summed E-state index contributed by atoms with van der Waals surface area (Å²) in [5.41, 5.74) is 8.34. The Balaban J connectivity index is 2.02. The number of hydrogen-bond acceptors (Lipinski definition) is 3. The van der Waals surface area contributed by atoms with Gasteiger partial charge in [-0.1, -0.05) is 0 Å². The molecule has 5 nitrogen and oxygen atoms in total. The fraction of sp³-hybridized carbons (Fsp3) is 0.647. The average Bonchev–Trinajstić information content (AvgIpc) is 2.74. The Kier molecular flexibility index (Phi) is 5.06. The molecule has 0 aromatic carbocycles. The van der Waals surface area contributed by atoms with Gasteiger partial charge in [-0.15, -0.1) is 0 Å². The van der Waals surface area contributed by atoms with E-state index in [1.165, 1.54) is 0 Å². The zero-order valence-electron chi connectivity index (χ0n) is 14.1. The second-order valence-electron chi connectivity index (χ2n) is 6.62. The molecule has 0 unspecified atom stereocenters. The van der Waals surface area contributed by atoms with Crippen LogP contribution in [0.3, 0.4) is 0 Å². The molecule has 122 valence electrons. The number of piperidine rings is 1. The van der Waals surface area contributed by atoms with Crippen molar-refractivity contribution in [3.8, 4) is 0 Å². The van der Waals surface area contributed by atoms with Crippen molar-refractivity contribution in [3.63, 3.8) is 0 Å². The van der Waals surface area contributed by atoms with Gasteiger partial charge in [0.2, 0.25) is 5.91 Å². The summed E-state index contributed by atoms with van der Waals surface area (Å²) in [6, 6.07) is 2.35. The number of Topliss-reactive ketones (excluding diaryl/α,β-unsaturated/α-hetero) is 1. The van der Waals surface area contributed by atoms with Crippen molar-refractivity contribution in [2.45, 2.75) is 46.6 Å². The Bertz CT molecular complexity index is 567. The van der Waals surface area contributed by atoms with E-state index < -0.39 is 0 Å². The summed E-state index contributed by atoms with van der Waals surface area (Å²) < 4.78 is 2.20. The van der Waals surface area contributed by atoms with Gasteiger partial charge in [-0.05, 0) is 59.7 Å². The number of aryl methyl sites for hydroxylation is 1. The molecule has 22 heavy (non-hydrogen) atoms. The molecule has 2 rings (SSSR count). The molecule has 0 bridgehead atoms. The number of nitrogens with zero attached hydrogens (tertiary/aromatic N) is 2. The van der Waals surface area contributed by atoms with E-state index in [1.54, 1.807) is 0 Å². The van der Waals surface area contributed by atoms with Crippen LogP contribution < -0.4 is 5.73 Å². The first-order chi connectivity index (χ1) is 10.3. The van der Waals surface area contributed by atoms with Gasteiger partial charge in [-0.3, -0.25) is 14.5 Å². The van der Waals surface area contributed by atoms with Crippen LogP contribution in [0, 0.1) is 19.8 Å². The topological polar surface area (TPSA) is 68.3 Å². The summed E-state index contributed by atoms with van der Waals surface area (Å²) >= 11 is 0. The van der Waals surface area contributed by atoms with Gasteiger partial charge >= 0.3 is 0 Å². The van der Waals surface area contributed by atoms with Crippen LogP contribution in [-0.2, 0) is 4.79 Å². The highest BCUT2D eigenvalue weighted by Crippen LogP contribution is 2.22. The van der Waals surface area contributed by atoms with E-state index in [2.05, 4.69) is 23.3 Å². The number of primary amides is 1. The van der Waals surface area contributed by atoms with Gasteiger partial charge in [0.15, 0.2) is 5.78 Å². The molecule has 5 heteroatoms. The zero-order valence-corrected chi connectivity index (χ0v) is 14.1. The maximum Gasteiger partial charge on any atom is 0.220 e. The zero-order chi connectivity index (χ0) is 16.4. The highest BCUT2D eigenvalue weighted by Gasteiger charge is 2.25. The molecule has 1 amide bonds. The lowest BCUT2D eigenvalue weighted by atomic mass is 9.96. The van der Waals surface area contributed by atoms with Crippen molar-refractivity contribution in [1.82, 2.24) is 9.47 Å². The molecule has 1 aliphatic rings. The minimum atomic E-state index is -0.216. The van der Waals surface area contributed by atoms with Crippen molar-refractivity contribution >= 4 is 11.7 Å². The number of rotatable bonds is 5. The Hall–Kier alpha value is -1.62. The second kappa shape index (κ2) is 6.65. The molecule has 0 atom stereocenters. The largest absolute Gasteiger partial charge is 0.369 e. The summed E-state index contributed by atoms with van der Waals surface area (Å²) in [5, 5.41) is 0. The van der Waals surface area contributed by atoms with Gasteiger partial charge in [0.05, 0.1) is 6.54 Å². The van der Waals surface area contributed by atoms with E-state index >= 15 is 0 Å². The summed E-state index contributed by atoms with van der Waals surface area (Å²) in [5.74, 6) is -0.0821. The van der Waals surface area contributed by atoms with Crippen LogP contribution in [0.5, 0.6) is 0 Å². The third-order valence-electron chi connectivity index (χ3n) is 4.66. The highest BCUT2D eigenvalue weighted by atomic mass is 16.1. The maximum absolute atomic E-state index is 12.6. The van der Waals surface area contributed by atoms with Crippen molar-refractivity contribution in [2.75, 3.05) is 19.6 Å². The normalized spacial score (nSPS) is 17.1. The van der Waals surface area contributed by atoms with Crippen LogP contribution >= 0.6 is 0 Å². The van der Waals surface area contributed by atoms with Crippen LogP contribution in [0.4, 0.5) is 0 Å². The van der Waals surface area contributed by atoms with Crippen LogP contribution in [0.15, 0.2) is 6.07 Å². The lowest BCUT2D eigenvalue weighted by molar-refractivity contribution is -0.123. The molecular formula is C17H27N3O2. The number of likely N-dealkylation sites (tertiary alicyclic amines) is 1. The predicted octanol–water partition coefficient (Wildman–Crippen LogP) is 2.07. The van der Waals surface area contributed by atoms with Crippen molar-refractivity contribution in [2.24, 2.45) is 11.7 Å². The smallest absolute Gasteiger partial charge is 0.220 e. The van der Waals surface area contributed by atoms with Crippen LogP contribution in [-0.4, -0.2) is 40.8 Å². The van der Waals surface area contributed by atoms with E-state index in [9.17, 15) is 9.59 Å². The van der Waals surface area contributed by atoms with Gasteiger partial charge in [-0.2, -0.15) is 0 Å². The second-order valence-corrected chi connectivity index (χ2v) is 6.62. The third-order valence-corrected chi connectivity index (χ3v) is 4.66. The molecule has 2 heterocycles. The number of ketones is 1. The molecule has 1 saturated heterocycles. The number of nitrogens with two attached hydrogens (primary N) is 1. The summed E-state index contributed by atoms with van der Waals surface area (Å²) in [6.07, 6.45) is 1.52. The van der Waals surface area contributed by atoms with E-state index in [0.29, 0.717) is 12.6 Å². The predicted molar refractivity (Wildman–Crippen MR) is 87.0 cm³/mol. The average molecular weight is 305 g/mol. The monoisotopic (exact) mass is 305 g/mol. The molecule has 0 spiro atoms. The SMILES string of the molecule is Cc1cc(C(=O)CN2CCC(C(N)=O)CC2)c(C)n1C(C)C. The first-order valence-electron chi connectivity index (χ1n) is 8.04. The highest BCUT2D eigenvalue weighted by molar-refractivity contribution is 5.99. The number of carbonyl (C=O) groups is 2.